The van der Waals surface area contributed by atoms with E-state index in [1.165, 1.54) is 0 Å². The van der Waals surface area contributed by atoms with Gasteiger partial charge in [-0.25, -0.2) is 24.9 Å². The van der Waals surface area contributed by atoms with Crippen molar-refractivity contribution in [2.45, 2.75) is 45.3 Å². The van der Waals surface area contributed by atoms with Crippen molar-refractivity contribution in [3.05, 3.63) is 18.2 Å². The third-order valence-corrected chi connectivity index (χ3v) is 4.61. The van der Waals surface area contributed by atoms with Crippen LogP contribution in [-0.4, -0.2) is 42.1 Å². The van der Waals surface area contributed by atoms with Gasteiger partial charge in [-0.2, -0.15) is 0 Å². The van der Waals surface area contributed by atoms with E-state index in [1.807, 2.05) is 32.4 Å². The van der Waals surface area contributed by atoms with Crippen molar-refractivity contribution in [1.29, 1.82) is 0 Å². The van der Waals surface area contributed by atoms with Crippen LogP contribution in [0.25, 0.3) is 22.6 Å². The fraction of sp³-hybridized carbons (Fsp3) is 0.500. The monoisotopic (exact) mass is 368 g/mol. The van der Waals surface area contributed by atoms with Crippen molar-refractivity contribution in [3.8, 4) is 11.4 Å². The molecule has 0 aromatic carbocycles. The summed E-state index contributed by atoms with van der Waals surface area (Å²) in [4.78, 5) is 22.4. The van der Waals surface area contributed by atoms with Gasteiger partial charge in [-0.3, -0.25) is 0 Å². The number of aryl methyl sites for hydroxylation is 1. The molecule has 3 aromatic rings. The van der Waals surface area contributed by atoms with Crippen LogP contribution >= 0.6 is 0 Å². The predicted molar refractivity (Wildman–Crippen MR) is 103 cm³/mol. The zero-order valence-corrected chi connectivity index (χ0v) is 16.0. The average molecular weight is 368 g/mol. The normalized spacial score (nSPS) is 14.7. The molecule has 0 saturated heterocycles. The smallest absolute Gasteiger partial charge is 0.219 e. The van der Waals surface area contributed by atoms with Crippen molar-refractivity contribution >= 4 is 22.9 Å². The van der Waals surface area contributed by atoms with Crippen LogP contribution in [0.3, 0.4) is 0 Å². The molecule has 1 saturated carbocycles. The molecule has 0 radical (unpaired) electrons. The molecule has 1 aliphatic rings. The number of ether oxygens (including phenoxy) is 1. The molecule has 0 bridgehead atoms. The molecule has 0 aliphatic heterocycles. The Morgan fingerprint density at radius 3 is 2.56 bits per heavy atom. The number of nitrogens with two attached hydrogens (primary N) is 1. The number of rotatable bonds is 6. The predicted octanol–water partition coefficient (Wildman–Crippen LogP) is 2.25. The van der Waals surface area contributed by atoms with Gasteiger partial charge in [-0.1, -0.05) is 0 Å². The molecule has 0 amide bonds. The highest BCUT2D eigenvalue weighted by atomic mass is 16.5. The third-order valence-electron chi connectivity index (χ3n) is 4.61. The van der Waals surface area contributed by atoms with Crippen molar-refractivity contribution in [2.24, 2.45) is 7.05 Å². The Kier molecular flexibility index (Phi) is 4.18. The van der Waals surface area contributed by atoms with E-state index in [2.05, 4.69) is 15.3 Å². The second-order valence-corrected chi connectivity index (χ2v) is 7.25. The zero-order valence-electron chi connectivity index (χ0n) is 16.0. The van der Waals surface area contributed by atoms with Crippen LogP contribution in [0.1, 0.15) is 39.4 Å². The molecule has 0 spiro atoms. The number of fused-ring (bicyclic) bond motifs is 1. The average Bonchev–Trinajstić information content (AvgIpc) is 3.37. The summed E-state index contributed by atoms with van der Waals surface area (Å²) in [6.07, 6.45) is 5.53. The maximum absolute atomic E-state index is 5.90. The first kappa shape index (κ1) is 17.6. The van der Waals surface area contributed by atoms with Gasteiger partial charge in [0.1, 0.15) is 11.4 Å². The second kappa shape index (κ2) is 6.41. The van der Waals surface area contributed by atoms with Gasteiger partial charge in [0.15, 0.2) is 22.8 Å². The molecule has 9 nitrogen and oxygen atoms in total. The van der Waals surface area contributed by atoms with Crippen LogP contribution in [0, 0.1) is 0 Å². The summed E-state index contributed by atoms with van der Waals surface area (Å²) < 4.78 is 7.87. The topological polar surface area (TPSA) is 117 Å². The summed E-state index contributed by atoms with van der Waals surface area (Å²) in [6.45, 7) is 6.59. The van der Waals surface area contributed by atoms with Crippen LogP contribution in [-0.2, 0) is 17.4 Å². The fourth-order valence-electron chi connectivity index (χ4n) is 3.13. The number of hydrogen-bond donors (Lipinski definition) is 2. The maximum atomic E-state index is 5.90. The maximum Gasteiger partial charge on any atom is 0.219 e. The Labute approximate surface area is 157 Å². The van der Waals surface area contributed by atoms with E-state index in [1.54, 1.807) is 12.4 Å². The lowest BCUT2D eigenvalue weighted by Gasteiger charge is -2.23. The summed E-state index contributed by atoms with van der Waals surface area (Å²) in [5.41, 5.74) is 7.25. The van der Waals surface area contributed by atoms with Gasteiger partial charge in [-0.05, 0) is 33.6 Å². The number of aromatic nitrogens is 6. The third kappa shape index (κ3) is 3.30. The first-order valence-electron chi connectivity index (χ1n) is 9.12. The molecule has 3 heterocycles. The molecule has 1 fully saturated rings. The van der Waals surface area contributed by atoms with E-state index in [9.17, 15) is 0 Å². The summed E-state index contributed by atoms with van der Waals surface area (Å²) in [5, 5.41) is 3.47. The first-order chi connectivity index (χ1) is 12.9. The van der Waals surface area contributed by atoms with Crippen LogP contribution < -0.4 is 11.1 Å². The summed E-state index contributed by atoms with van der Waals surface area (Å²) in [6, 6.07) is 0.434. The number of anilines is 2. The minimum atomic E-state index is -0.536. The molecule has 3 N–H and O–H groups in total. The summed E-state index contributed by atoms with van der Waals surface area (Å²) in [5.74, 6) is 2.29. The van der Waals surface area contributed by atoms with E-state index >= 15 is 0 Å². The van der Waals surface area contributed by atoms with Gasteiger partial charge in [0.05, 0.1) is 5.56 Å². The van der Waals surface area contributed by atoms with E-state index in [4.69, 9.17) is 25.4 Å². The molecule has 0 atom stereocenters. The Hall–Kier alpha value is -2.81. The lowest BCUT2D eigenvalue weighted by Crippen LogP contribution is -2.25. The highest BCUT2D eigenvalue weighted by Crippen LogP contribution is 2.32. The number of nitrogens with one attached hydrogen (secondary N) is 1. The molecule has 1 aliphatic carbocycles. The number of nitrogen functional groups attached to an aromatic ring is 1. The quantitative estimate of drug-likeness (QED) is 0.680. The van der Waals surface area contributed by atoms with E-state index in [0.717, 1.165) is 35.6 Å². The van der Waals surface area contributed by atoms with Crippen LogP contribution in [0.5, 0.6) is 0 Å². The standard InChI is InChI=1S/C18H24N8O/c1-5-27-18(2,3)16-23-12-14(22-11-6-7-11)24-13(25-15(12)26(16)4)10-8-20-17(19)21-9-10/h8-9,11H,5-7H2,1-4H3,(H2,19,20,21)(H,22,24,25). The molecule has 0 unspecified atom stereocenters. The van der Waals surface area contributed by atoms with Gasteiger partial charge >= 0.3 is 0 Å². The molecular formula is C18H24N8O. The Morgan fingerprint density at radius 2 is 1.93 bits per heavy atom. The van der Waals surface area contributed by atoms with E-state index < -0.39 is 5.60 Å². The molecule has 9 heteroatoms. The van der Waals surface area contributed by atoms with E-state index in [0.29, 0.717) is 24.0 Å². The number of imidazole rings is 1. The SMILES string of the molecule is CCOC(C)(C)c1nc2c(NC3CC3)nc(-c3cnc(N)nc3)nc2n1C. The van der Waals surface area contributed by atoms with Gasteiger partial charge < -0.3 is 20.4 Å². The summed E-state index contributed by atoms with van der Waals surface area (Å²) >= 11 is 0. The van der Waals surface area contributed by atoms with Crippen LogP contribution in [0.15, 0.2) is 12.4 Å². The largest absolute Gasteiger partial charge is 0.368 e. The molecule has 27 heavy (non-hydrogen) atoms. The lowest BCUT2D eigenvalue weighted by atomic mass is 10.1. The first-order valence-corrected chi connectivity index (χ1v) is 9.12. The highest BCUT2D eigenvalue weighted by molar-refractivity contribution is 5.86. The Balaban J connectivity index is 1.89. The minimum absolute atomic E-state index is 0.220. The van der Waals surface area contributed by atoms with Crippen molar-refractivity contribution in [1.82, 2.24) is 29.5 Å². The molecule has 3 aromatic heterocycles. The number of hydrogen-bond acceptors (Lipinski definition) is 8. The van der Waals surface area contributed by atoms with Crippen LogP contribution in [0.4, 0.5) is 11.8 Å². The molecular weight excluding hydrogens is 344 g/mol. The van der Waals surface area contributed by atoms with Crippen molar-refractivity contribution < 1.29 is 4.74 Å². The van der Waals surface area contributed by atoms with Gasteiger partial charge in [-0.15, -0.1) is 0 Å². The zero-order chi connectivity index (χ0) is 19.2. The summed E-state index contributed by atoms with van der Waals surface area (Å²) in [7, 11) is 1.95. The Bertz CT molecular complexity index is 975. The van der Waals surface area contributed by atoms with Crippen molar-refractivity contribution in [2.75, 3.05) is 17.7 Å². The fourth-order valence-corrected chi connectivity index (χ4v) is 3.13. The highest BCUT2D eigenvalue weighted by Gasteiger charge is 2.30. The van der Waals surface area contributed by atoms with Gasteiger partial charge in [0.25, 0.3) is 0 Å². The molecule has 4 rings (SSSR count). The lowest BCUT2D eigenvalue weighted by molar-refractivity contribution is -0.0223. The van der Waals surface area contributed by atoms with Crippen molar-refractivity contribution in [3.63, 3.8) is 0 Å². The van der Waals surface area contributed by atoms with Gasteiger partial charge in [0.2, 0.25) is 5.95 Å². The minimum Gasteiger partial charge on any atom is -0.368 e. The number of nitrogens with zero attached hydrogens (tertiary/aromatic N) is 6. The second-order valence-electron chi connectivity index (χ2n) is 7.25. The van der Waals surface area contributed by atoms with Crippen LogP contribution in [0.2, 0.25) is 0 Å². The van der Waals surface area contributed by atoms with Gasteiger partial charge in [0, 0.05) is 32.1 Å². The Morgan fingerprint density at radius 1 is 1.22 bits per heavy atom. The van der Waals surface area contributed by atoms with E-state index in [-0.39, 0.29) is 5.95 Å². The molecule has 142 valence electrons.